The molecule has 0 saturated carbocycles. The van der Waals surface area contributed by atoms with Crippen LogP contribution in [0.5, 0.6) is 0 Å². The Morgan fingerprint density at radius 2 is 1.93 bits per heavy atom. The number of carbonyl (C=O) groups excluding carboxylic acids is 1. The first-order valence-corrected chi connectivity index (χ1v) is 6.97. The van der Waals surface area contributed by atoms with Crippen molar-refractivity contribution in [3.8, 4) is 0 Å². The molecular weight excluding hydrogens is 218 g/mol. The van der Waals surface area contributed by atoms with E-state index in [0.717, 1.165) is 6.26 Å². The van der Waals surface area contributed by atoms with E-state index in [4.69, 9.17) is 10.5 Å². The number of nitrogens with two attached hydrogens (primary N) is 1. The summed E-state index contributed by atoms with van der Waals surface area (Å²) < 4.78 is 26.9. The Morgan fingerprint density at radius 3 is 2.40 bits per heavy atom. The summed E-state index contributed by atoms with van der Waals surface area (Å²) in [5.74, 6) is -0.290. The van der Waals surface area contributed by atoms with Crippen LogP contribution >= 0.6 is 0 Å². The molecule has 0 radical (unpaired) electrons. The van der Waals surface area contributed by atoms with E-state index in [-0.39, 0.29) is 18.0 Å². The van der Waals surface area contributed by atoms with Crippen LogP contribution in [0, 0.1) is 0 Å². The third kappa shape index (κ3) is 3.89. The number of ether oxygens (including phenoxy) is 1. The van der Waals surface area contributed by atoms with Crippen molar-refractivity contribution in [1.29, 1.82) is 0 Å². The molecule has 5 nitrogen and oxygen atoms in total. The zero-order valence-electron chi connectivity index (χ0n) is 8.86. The second-order valence-corrected chi connectivity index (χ2v) is 6.33. The normalized spacial score (nSPS) is 21.2. The molecule has 0 aromatic rings. The van der Waals surface area contributed by atoms with Gasteiger partial charge in [-0.2, -0.15) is 0 Å². The second-order valence-electron chi connectivity index (χ2n) is 4.07. The van der Waals surface area contributed by atoms with Crippen molar-refractivity contribution in [1.82, 2.24) is 0 Å². The summed E-state index contributed by atoms with van der Waals surface area (Å²) in [7, 11) is -3.09. The van der Waals surface area contributed by atoms with Crippen molar-refractivity contribution < 1.29 is 17.9 Å². The van der Waals surface area contributed by atoms with Gasteiger partial charge in [-0.15, -0.1) is 0 Å². The van der Waals surface area contributed by atoms with Crippen LogP contribution in [0.1, 0.15) is 19.3 Å². The van der Waals surface area contributed by atoms with Gasteiger partial charge in [0.25, 0.3) is 0 Å². The van der Waals surface area contributed by atoms with Gasteiger partial charge in [0.05, 0.1) is 11.3 Å². The van der Waals surface area contributed by atoms with Crippen molar-refractivity contribution in [3.63, 3.8) is 0 Å². The van der Waals surface area contributed by atoms with Gasteiger partial charge in [0.15, 0.2) is 5.78 Å². The van der Waals surface area contributed by atoms with Crippen LogP contribution in [-0.2, 0) is 19.4 Å². The van der Waals surface area contributed by atoms with Gasteiger partial charge in [-0.25, -0.2) is 8.42 Å². The lowest BCUT2D eigenvalue weighted by molar-refractivity contribution is -0.127. The molecule has 1 saturated heterocycles. The van der Waals surface area contributed by atoms with Crippen LogP contribution < -0.4 is 5.73 Å². The van der Waals surface area contributed by atoms with Gasteiger partial charge in [-0.05, 0) is 12.8 Å². The minimum atomic E-state index is -3.09. The van der Waals surface area contributed by atoms with Crippen molar-refractivity contribution >= 4 is 15.6 Å². The van der Waals surface area contributed by atoms with Gasteiger partial charge >= 0.3 is 0 Å². The summed E-state index contributed by atoms with van der Waals surface area (Å²) in [6.45, 7) is 0.947. The summed E-state index contributed by atoms with van der Waals surface area (Å²) in [6.07, 6.45) is 2.09. The molecule has 6 heteroatoms. The van der Waals surface area contributed by atoms with Crippen LogP contribution in [0.15, 0.2) is 0 Å². The standard InChI is InChI=1S/C9H17NO4S/c1-15(12,13)7-2-8(11)9(10)3-5-14-6-4-9/h2-7,10H2,1H3. The number of sulfone groups is 1. The maximum absolute atomic E-state index is 11.7. The topological polar surface area (TPSA) is 86.5 Å². The molecule has 1 rings (SSSR count). The van der Waals surface area contributed by atoms with Crippen LogP contribution in [0.2, 0.25) is 0 Å². The van der Waals surface area contributed by atoms with E-state index in [0.29, 0.717) is 26.1 Å². The molecule has 1 heterocycles. The molecule has 0 aromatic carbocycles. The molecule has 0 unspecified atom stereocenters. The van der Waals surface area contributed by atoms with Gasteiger partial charge < -0.3 is 10.5 Å². The summed E-state index contributed by atoms with van der Waals surface area (Å²) in [5, 5.41) is 0. The zero-order valence-corrected chi connectivity index (χ0v) is 9.68. The smallest absolute Gasteiger partial charge is 0.153 e. The monoisotopic (exact) mass is 235 g/mol. The number of Topliss-reactive ketones (excluding diaryl/α,β-unsaturated/α-hetero) is 1. The Balaban J connectivity index is 2.52. The van der Waals surface area contributed by atoms with Gasteiger partial charge in [0, 0.05) is 25.9 Å². The maximum Gasteiger partial charge on any atom is 0.153 e. The third-order valence-corrected chi connectivity index (χ3v) is 3.59. The third-order valence-electron chi connectivity index (χ3n) is 2.64. The van der Waals surface area contributed by atoms with Gasteiger partial charge in [-0.1, -0.05) is 0 Å². The molecule has 0 aliphatic carbocycles. The van der Waals surface area contributed by atoms with E-state index < -0.39 is 15.4 Å². The first kappa shape index (κ1) is 12.6. The van der Waals surface area contributed by atoms with E-state index in [2.05, 4.69) is 0 Å². The first-order valence-electron chi connectivity index (χ1n) is 4.91. The van der Waals surface area contributed by atoms with E-state index >= 15 is 0 Å². The molecule has 1 fully saturated rings. The highest BCUT2D eigenvalue weighted by atomic mass is 32.2. The van der Waals surface area contributed by atoms with Crippen LogP contribution in [0.3, 0.4) is 0 Å². The Labute approximate surface area is 89.9 Å². The lowest BCUT2D eigenvalue weighted by atomic mass is 9.86. The van der Waals surface area contributed by atoms with Crippen LogP contribution in [-0.4, -0.2) is 45.0 Å². The molecule has 0 bridgehead atoms. The molecule has 0 amide bonds. The van der Waals surface area contributed by atoms with Gasteiger partial charge in [-0.3, -0.25) is 4.79 Å². The van der Waals surface area contributed by atoms with E-state index in [9.17, 15) is 13.2 Å². The lowest BCUT2D eigenvalue weighted by Gasteiger charge is -2.31. The minimum absolute atomic E-state index is 0.00926. The Hall–Kier alpha value is -0.460. The average Bonchev–Trinajstić information content (AvgIpc) is 2.14. The molecule has 0 atom stereocenters. The summed E-state index contributed by atoms with van der Waals surface area (Å²) in [6, 6.07) is 0. The van der Waals surface area contributed by atoms with Crippen molar-refractivity contribution in [2.24, 2.45) is 5.73 Å². The Kier molecular flexibility index (Phi) is 3.86. The zero-order chi connectivity index (χ0) is 11.5. The highest BCUT2D eigenvalue weighted by molar-refractivity contribution is 7.90. The van der Waals surface area contributed by atoms with Gasteiger partial charge in [0.1, 0.15) is 9.84 Å². The SMILES string of the molecule is CS(=O)(=O)CCC(=O)C1(N)CCOCC1. The fourth-order valence-corrected chi connectivity index (χ4v) is 2.10. The number of hydrogen-bond acceptors (Lipinski definition) is 5. The number of rotatable bonds is 4. The van der Waals surface area contributed by atoms with E-state index in [1.54, 1.807) is 0 Å². The molecule has 2 N–H and O–H groups in total. The number of hydrogen-bond donors (Lipinski definition) is 1. The number of carbonyl (C=O) groups is 1. The average molecular weight is 235 g/mol. The number of ketones is 1. The largest absolute Gasteiger partial charge is 0.381 e. The maximum atomic E-state index is 11.7. The van der Waals surface area contributed by atoms with Crippen molar-refractivity contribution in [3.05, 3.63) is 0 Å². The molecule has 0 aromatic heterocycles. The quantitative estimate of drug-likeness (QED) is 0.709. The van der Waals surface area contributed by atoms with Gasteiger partial charge in [0.2, 0.25) is 0 Å². The Morgan fingerprint density at radius 1 is 1.40 bits per heavy atom. The molecule has 1 aliphatic rings. The minimum Gasteiger partial charge on any atom is -0.381 e. The van der Waals surface area contributed by atoms with Crippen LogP contribution in [0.4, 0.5) is 0 Å². The summed E-state index contributed by atoms with van der Waals surface area (Å²) in [5.41, 5.74) is 5.04. The molecule has 0 spiro atoms. The summed E-state index contributed by atoms with van der Waals surface area (Å²) >= 11 is 0. The predicted molar refractivity (Wildman–Crippen MR) is 56.3 cm³/mol. The highest BCUT2D eigenvalue weighted by Gasteiger charge is 2.35. The van der Waals surface area contributed by atoms with Crippen molar-refractivity contribution in [2.45, 2.75) is 24.8 Å². The second kappa shape index (κ2) is 4.59. The Bertz CT molecular complexity index is 330. The van der Waals surface area contributed by atoms with E-state index in [1.165, 1.54) is 0 Å². The predicted octanol–water partition coefficient (Wildman–Crippen LogP) is -0.502. The first-order chi connectivity index (χ1) is 6.83. The lowest BCUT2D eigenvalue weighted by Crippen LogP contribution is -2.52. The molecule has 88 valence electrons. The molecular formula is C9H17NO4S. The van der Waals surface area contributed by atoms with Crippen LogP contribution in [0.25, 0.3) is 0 Å². The molecule has 1 aliphatic heterocycles. The highest BCUT2D eigenvalue weighted by Crippen LogP contribution is 2.20. The van der Waals surface area contributed by atoms with E-state index in [1.807, 2.05) is 0 Å². The molecule has 15 heavy (non-hydrogen) atoms. The van der Waals surface area contributed by atoms with Crippen molar-refractivity contribution in [2.75, 3.05) is 25.2 Å². The fraction of sp³-hybridized carbons (Fsp3) is 0.889. The summed E-state index contributed by atoms with van der Waals surface area (Å²) in [4.78, 5) is 11.7. The fourth-order valence-electron chi connectivity index (χ4n) is 1.54.